The van der Waals surface area contributed by atoms with Crippen LogP contribution in [0.4, 0.5) is 14.7 Å². The van der Waals surface area contributed by atoms with Crippen LogP contribution in [0.1, 0.15) is 5.56 Å². The van der Waals surface area contributed by atoms with E-state index in [1.165, 1.54) is 24.3 Å². The fourth-order valence-corrected chi connectivity index (χ4v) is 3.11. The van der Waals surface area contributed by atoms with E-state index in [-0.39, 0.29) is 23.1 Å². The zero-order valence-electron chi connectivity index (χ0n) is 15.6. The van der Waals surface area contributed by atoms with Gasteiger partial charge in [0.05, 0.1) is 17.5 Å². The highest BCUT2D eigenvalue weighted by Crippen LogP contribution is 2.23. The van der Waals surface area contributed by atoms with Crippen molar-refractivity contribution in [2.45, 2.75) is 6.61 Å². The second-order valence-corrected chi connectivity index (χ2v) is 8.82. The van der Waals surface area contributed by atoms with Gasteiger partial charge in [-0.1, -0.05) is 0 Å². The van der Waals surface area contributed by atoms with E-state index in [1.54, 1.807) is 0 Å². The number of rotatable bonds is 8. The minimum atomic E-state index is -4.68. The van der Waals surface area contributed by atoms with E-state index in [1.807, 2.05) is 4.72 Å². The van der Waals surface area contributed by atoms with Crippen LogP contribution in [0.2, 0.25) is 0 Å². The molecule has 31 heavy (non-hydrogen) atoms. The molecule has 0 fully saturated rings. The average molecular weight is 476 g/mol. The van der Waals surface area contributed by atoms with Gasteiger partial charge in [-0.25, -0.2) is 21.9 Å². The number of sulfonamides is 1. The molecule has 0 aliphatic carbocycles. The Morgan fingerprint density at radius 3 is 2.19 bits per heavy atom. The van der Waals surface area contributed by atoms with Gasteiger partial charge in [0.1, 0.15) is 36.1 Å². The first-order valence-electron chi connectivity index (χ1n) is 8.17. The van der Waals surface area contributed by atoms with E-state index in [9.17, 15) is 25.6 Å². The zero-order valence-corrected chi connectivity index (χ0v) is 17.2. The predicted molar refractivity (Wildman–Crippen MR) is 103 cm³/mol. The summed E-state index contributed by atoms with van der Waals surface area (Å²) in [5, 5.41) is 3.78. The van der Waals surface area contributed by atoms with Gasteiger partial charge in [-0.2, -0.15) is 13.4 Å². The molecule has 2 N–H and O–H groups in total. The smallest absolute Gasteiger partial charge is 0.446 e. The van der Waals surface area contributed by atoms with Gasteiger partial charge in [0, 0.05) is 12.1 Å². The summed E-state index contributed by atoms with van der Waals surface area (Å²) in [4.78, 5) is 3.69. The summed E-state index contributed by atoms with van der Waals surface area (Å²) in [5.41, 5.74) is -0.434. The number of nitrogens with one attached hydrogen (secondary N) is 1. The highest BCUT2D eigenvalue weighted by atomic mass is 32.3. The lowest BCUT2D eigenvalue weighted by molar-refractivity contribution is 0.292. The predicted octanol–water partition coefficient (Wildman–Crippen LogP) is 1.68. The van der Waals surface area contributed by atoms with Crippen LogP contribution in [0.3, 0.4) is 0 Å². The molecule has 3 rings (SSSR count). The summed E-state index contributed by atoms with van der Waals surface area (Å²) in [6.45, 7) is -0.491. The van der Waals surface area contributed by atoms with Gasteiger partial charge in [0.15, 0.2) is 0 Å². The van der Waals surface area contributed by atoms with Crippen LogP contribution >= 0.6 is 0 Å². The summed E-state index contributed by atoms with van der Waals surface area (Å²) < 4.78 is 93.6. The monoisotopic (exact) mass is 476 g/mol. The summed E-state index contributed by atoms with van der Waals surface area (Å²) in [5.74, 6) is -2.20. The molecule has 0 radical (unpaired) electrons. The molecule has 0 spiro atoms. The summed E-state index contributed by atoms with van der Waals surface area (Å²) in [7, 11) is -8.29. The molecule has 1 heterocycles. The van der Waals surface area contributed by atoms with Gasteiger partial charge in [0.25, 0.3) is 5.95 Å². The molecule has 0 atom stereocenters. The third-order valence-corrected chi connectivity index (χ3v) is 4.52. The number of anilines is 1. The fourth-order valence-electron chi connectivity index (χ4n) is 2.33. The van der Waals surface area contributed by atoms with E-state index in [4.69, 9.17) is 9.29 Å². The quantitative estimate of drug-likeness (QED) is 0.463. The Bertz CT molecular complexity index is 1290. The van der Waals surface area contributed by atoms with Crippen LogP contribution in [-0.2, 0) is 27.0 Å². The Labute approximate surface area is 175 Å². The number of hydrogen-bond donors (Lipinski definition) is 2. The van der Waals surface area contributed by atoms with E-state index in [0.29, 0.717) is 0 Å². The van der Waals surface area contributed by atoms with Gasteiger partial charge in [-0.3, -0.25) is 9.27 Å². The Morgan fingerprint density at radius 2 is 1.65 bits per heavy atom. The highest BCUT2D eigenvalue weighted by molar-refractivity contribution is 7.92. The molecule has 1 aromatic heterocycles. The molecule has 11 nitrogen and oxygen atoms in total. The molecule has 0 aliphatic heterocycles. The number of nitrogens with zero attached hydrogens (tertiary/aromatic N) is 3. The summed E-state index contributed by atoms with van der Waals surface area (Å²) >= 11 is 0. The standard InChI is InChI=1S/C16H14F2N4O7S2/c1-30(23,24)21-16-19-9-22(20-16)10-6-14(17)13(15(18)7-10)8-28-11-2-4-12(5-3-11)29-31(25,26)27/h2-7,9H,8H2,1H3,(H,20,21)(H,25,26,27). The number of ether oxygens (including phenoxy) is 1. The molecule has 0 unspecified atom stereocenters. The van der Waals surface area contributed by atoms with Crippen LogP contribution in [0.25, 0.3) is 5.69 Å². The third kappa shape index (κ3) is 6.34. The molecule has 0 amide bonds. The maximum absolute atomic E-state index is 14.4. The molecular formula is C16H14F2N4O7S2. The van der Waals surface area contributed by atoms with Crippen molar-refractivity contribution >= 4 is 26.4 Å². The highest BCUT2D eigenvalue weighted by Gasteiger charge is 2.15. The molecule has 2 aromatic carbocycles. The molecule has 166 valence electrons. The van der Waals surface area contributed by atoms with Crippen molar-refractivity contribution in [1.82, 2.24) is 14.8 Å². The minimum absolute atomic E-state index is 0.0421. The van der Waals surface area contributed by atoms with Crippen molar-refractivity contribution in [2.24, 2.45) is 0 Å². The SMILES string of the molecule is CS(=O)(=O)Nc1ncn(-c2cc(F)c(COc3ccc(OS(=O)(=O)O)cc3)c(F)c2)n1. The lowest BCUT2D eigenvalue weighted by atomic mass is 10.2. The van der Waals surface area contributed by atoms with Gasteiger partial charge < -0.3 is 8.92 Å². The van der Waals surface area contributed by atoms with E-state index >= 15 is 0 Å². The number of aromatic nitrogens is 3. The Hall–Kier alpha value is -3.30. The van der Waals surface area contributed by atoms with Crippen molar-refractivity contribution in [1.29, 1.82) is 0 Å². The van der Waals surface area contributed by atoms with Gasteiger partial charge in [-0.05, 0) is 24.3 Å². The Balaban J connectivity index is 1.72. The van der Waals surface area contributed by atoms with Crippen molar-refractivity contribution < 1.29 is 39.1 Å². The largest absolute Gasteiger partial charge is 0.489 e. The second-order valence-electron chi connectivity index (χ2n) is 6.05. The first kappa shape index (κ1) is 22.4. The molecule has 15 heteroatoms. The minimum Gasteiger partial charge on any atom is -0.489 e. The van der Waals surface area contributed by atoms with Crippen molar-refractivity contribution in [2.75, 3.05) is 11.0 Å². The topological polar surface area (TPSA) is 150 Å². The van der Waals surface area contributed by atoms with E-state index < -0.39 is 44.2 Å². The molecule has 3 aromatic rings. The third-order valence-electron chi connectivity index (χ3n) is 3.57. The normalized spacial score (nSPS) is 11.9. The first-order valence-corrected chi connectivity index (χ1v) is 11.4. The Morgan fingerprint density at radius 1 is 1.06 bits per heavy atom. The molecule has 0 saturated heterocycles. The molecule has 0 aliphatic rings. The maximum Gasteiger partial charge on any atom is 0.446 e. The number of benzene rings is 2. The van der Waals surface area contributed by atoms with Crippen LogP contribution in [-0.4, -0.2) is 42.4 Å². The zero-order chi connectivity index (χ0) is 22.8. The van der Waals surface area contributed by atoms with Crippen LogP contribution in [0.15, 0.2) is 42.7 Å². The molecular weight excluding hydrogens is 462 g/mol. The second kappa shape index (κ2) is 8.44. The lowest BCUT2D eigenvalue weighted by Gasteiger charge is -2.10. The van der Waals surface area contributed by atoms with Crippen LogP contribution < -0.4 is 13.6 Å². The maximum atomic E-state index is 14.4. The first-order chi connectivity index (χ1) is 14.4. The van der Waals surface area contributed by atoms with E-state index in [0.717, 1.165) is 29.4 Å². The Kier molecular flexibility index (Phi) is 6.10. The van der Waals surface area contributed by atoms with Crippen LogP contribution in [0, 0.1) is 11.6 Å². The summed E-state index contributed by atoms with van der Waals surface area (Å²) in [6, 6.07) is 6.82. The molecule has 0 bridgehead atoms. The van der Waals surface area contributed by atoms with E-state index in [2.05, 4.69) is 14.3 Å². The number of halogens is 2. The van der Waals surface area contributed by atoms with Crippen molar-refractivity contribution in [3.8, 4) is 17.2 Å². The van der Waals surface area contributed by atoms with Gasteiger partial charge >= 0.3 is 10.4 Å². The number of hydrogen-bond acceptors (Lipinski definition) is 8. The van der Waals surface area contributed by atoms with Crippen LogP contribution in [0.5, 0.6) is 11.5 Å². The van der Waals surface area contributed by atoms with Crippen molar-refractivity contribution in [3.63, 3.8) is 0 Å². The van der Waals surface area contributed by atoms with Gasteiger partial charge in [0.2, 0.25) is 10.0 Å². The van der Waals surface area contributed by atoms with Gasteiger partial charge in [-0.15, -0.1) is 5.10 Å². The van der Waals surface area contributed by atoms with Crippen molar-refractivity contribution in [3.05, 3.63) is 59.9 Å². The lowest BCUT2D eigenvalue weighted by Crippen LogP contribution is -2.11. The summed E-state index contributed by atoms with van der Waals surface area (Å²) in [6.07, 6.45) is 1.98. The average Bonchev–Trinajstić information content (AvgIpc) is 3.07. The molecule has 0 saturated carbocycles. The fraction of sp³-hybridized carbons (Fsp3) is 0.125.